The van der Waals surface area contributed by atoms with Gasteiger partial charge >= 0.3 is 0 Å². The number of carbonyl (C=O) groups excluding carboxylic acids is 1. The van der Waals surface area contributed by atoms with E-state index in [0.717, 1.165) is 11.3 Å². The Morgan fingerprint density at radius 2 is 1.72 bits per heavy atom. The van der Waals surface area contributed by atoms with Crippen LogP contribution in [0.1, 0.15) is 53.4 Å². The lowest BCUT2D eigenvalue weighted by atomic mass is 9.92. The highest BCUT2D eigenvalue weighted by Crippen LogP contribution is 2.30. The van der Waals surface area contributed by atoms with Gasteiger partial charge in [-0.05, 0) is 24.7 Å². The number of carbonyl (C=O) groups is 1. The van der Waals surface area contributed by atoms with Crippen molar-refractivity contribution in [3.8, 4) is 0 Å². The fourth-order valence-electron chi connectivity index (χ4n) is 3.19. The van der Waals surface area contributed by atoms with Crippen LogP contribution in [0.3, 0.4) is 0 Å². The van der Waals surface area contributed by atoms with Gasteiger partial charge in [0.25, 0.3) is 5.91 Å². The molecule has 1 fully saturated rings. The molecule has 1 aliphatic heterocycles. The second-order valence-corrected chi connectivity index (χ2v) is 6.18. The molecular formula is C15H26N2O. The number of nitrogens with one attached hydrogen (secondary N) is 1. The summed E-state index contributed by atoms with van der Waals surface area (Å²) in [4.78, 5) is 14.8. The molecule has 0 atom stereocenters. The van der Waals surface area contributed by atoms with Crippen LogP contribution in [0.25, 0.3) is 0 Å². The maximum absolute atomic E-state index is 12.7. The number of hydrogen-bond donors (Lipinski definition) is 1. The molecule has 0 bridgehead atoms. The Bertz CT molecular complexity index is 352. The minimum absolute atomic E-state index is 0.277. The molecule has 0 unspecified atom stereocenters. The molecule has 0 spiro atoms. The molecule has 0 radical (unpaired) electrons. The number of nitrogens with zero attached hydrogens (tertiary/aromatic N) is 1. The van der Waals surface area contributed by atoms with E-state index in [0.29, 0.717) is 24.5 Å². The summed E-state index contributed by atoms with van der Waals surface area (Å²) in [5, 5.41) is 3.49. The largest absolute Gasteiger partial charge is 0.370 e. The van der Waals surface area contributed by atoms with Gasteiger partial charge in [0.15, 0.2) is 0 Å². The highest BCUT2D eigenvalue weighted by Gasteiger charge is 2.34. The van der Waals surface area contributed by atoms with E-state index in [-0.39, 0.29) is 5.91 Å². The highest BCUT2D eigenvalue weighted by molar-refractivity contribution is 5.95. The van der Waals surface area contributed by atoms with Crippen molar-refractivity contribution in [3.63, 3.8) is 0 Å². The standard InChI is InChI=1S/C15H26N2O/c1-10(2)13-14(11(3)4)16-9-17(15(13)18)12-7-5-6-8-12/h10-12,16H,5-9H2,1-4H3. The Morgan fingerprint density at radius 1 is 1.11 bits per heavy atom. The normalized spacial score (nSPS) is 22.3. The first-order valence-electron chi connectivity index (χ1n) is 7.31. The van der Waals surface area contributed by atoms with Crippen molar-refractivity contribution in [2.24, 2.45) is 11.8 Å². The van der Waals surface area contributed by atoms with Crippen molar-refractivity contribution in [1.29, 1.82) is 0 Å². The predicted molar refractivity (Wildman–Crippen MR) is 73.8 cm³/mol. The third kappa shape index (κ3) is 2.40. The third-order valence-electron chi connectivity index (χ3n) is 4.14. The summed E-state index contributed by atoms with van der Waals surface area (Å²) in [5.74, 6) is 0.975. The Labute approximate surface area is 111 Å². The van der Waals surface area contributed by atoms with Gasteiger partial charge in [0.2, 0.25) is 0 Å². The fraction of sp³-hybridized carbons (Fsp3) is 0.800. The molecule has 2 aliphatic rings. The van der Waals surface area contributed by atoms with Crippen LogP contribution in [0.4, 0.5) is 0 Å². The molecule has 1 N–H and O–H groups in total. The van der Waals surface area contributed by atoms with Crippen LogP contribution in [0, 0.1) is 11.8 Å². The molecule has 0 aromatic carbocycles. The van der Waals surface area contributed by atoms with E-state index in [4.69, 9.17) is 0 Å². The van der Waals surface area contributed by atoms with Gasteiger partial charge in [-0.2, -0.15) is 0 Å². The lowest BCUT2D eigenvalue weighted by molar-refractivity contribution is -0.131. The van der Waals surface area contributed by atoms with Gasteiger partial charge in [-0.15, -0.1) is 0 Å². The van der Waals surface area contributed by atoms with Crippen molar-refractivity contribution in [2.45, 2.75) is 59.4 Å². The lowest BCUT2D eigenvalue weighted by Crippen LogP contribution is -2.50. The molecule has 1 saturated carbocycles. The molecule has 0 aromatic heterocycles. The zero-order valence-electron chi connectivity index (χ0n) is 12.1. The summed E-state index contributed by atoms with van der Waals surface area (Å²) in [6.07, 6.45) is 4.89. The van der Waals surface area contributed by atoms with Gasteiger partial charge in [-0.25, -0.2) is 0 Å². The molecule has 1 aliphatic carbocycles. The maximum Gasteiger partial charge on any atom is 0.253 e. The lowest BCUT2D eigenvalue weighted by Gasteiger charge is -2.38. The van der Waals surface area contributed by atoms with Crippen LogP contribution in [0.15, 0.2) is 11.3 Å². The van der Waals surface area contributed by atoms with E-state index < -0.39 is 0 Å². The molecular weight excluding hydrogens is 224 g/mol. The van der Waals surface area contributed by atoms with E-state index in [1.54, 1.807) is 0 Å². The minimum Gasteiger partial charge on any atom is -0.370 e. The average molecular weight is 250 g/mol. The number of rotatable bonds is 3. The fourth-order valence-corrected chi connectivity index (χ4v) is 3.19. The summed E-state index contributed by atoms with van der Waals surface area (Å²) in [6.45, 7) is 9.25. The summed E-state index contributed by atoms with van der Waals surface area (Å²) in [5.41, 5.74) is 2.16. The summed E-state index contributed by atoms with van der Waals surface area (Å²) < 4.78 is 0. The van der Waals surface area contributed by atoms with E-state index in [1.807, 2.05) is 0 Å². The SMILES string of the molecule is CC(C)C1=C(C(C)C)C(=O)N(C2CCCC2)CN1. The van der Waals surface area contributed by atoms with Gasteiger partial charge < -0.3 is 10.2 Å². The Balaban J connectivity index is 2.25. The van der Waals surface area contributed by atoms with Crippen molar-refractivity contribution in [2.75, 3.05) is 6.67 Å². The minimum atomic E-state index is 0.277. The summed E-state index contributed by atoms with van der Waals surface area (Å²) in [6, 6.07) is 0.465. The van der Waals surface area contributed by atoms with Crippen molar-refractivity contribution >= 4 is 5.91 Å². The van der Waals surface area contributed by atoms with Gasteiger partial charge in [0.05, 0.1) is 6.67 Å². The predicted octanol–water partition coefficient (Wildman–Crippen LogP) is 2.88. The number of amides is 1. The zero-order valence-corrected chi connectivity index (χ0v) is 12.1. The monoisotopic (exact) mass is 250 g/mol. The molecule has 0 saturated heterocycles. The first kappa shape index (κ1) is 13.4. The van der Waals surface area contributed by atoms with E-state index in [2.05, 4.69) is 37.9 Å². The van der Waals surface area contributed by atoms with E-state index >= 15 is 0 Å². The van der Waals surface area contributed by atoms with Gasteiger partial charge in [-0.3, -0.25) is 4.79 Å². The van der Waals surface area contributed by atoms with Gasteiger partial charge in [0, 0.05) is 17.3 Å². The molecule has 3 heteroatoms. The first-order valence-corrected chi connectivity index (χ1v) is 7.31. The molecule has 18 heavy (non-hydrogen) atoms. The molecule has 2 rings (SSSR count). The molecule has 102 valence electrons. The van der Waals surface area contributed by atoms with Crippen molar-refractivity contribution in [1.82, 2.24) is 10.2 Å². The summed E-state index contributed by atoms with van der Waals surface area (Å²) in [7, 11) is 0. The quantitative estimate of drug-likeness (QED) is 0.835. The Hall–Kier alpha value is -0.990. The van der Waals surface area contributed by atoms with Crippen molar-refractivity contribution < 1.29 is 4.79 Å². The zero-order chi connectivity index (χ0) is 13.3. The van der Waals surface area contributed by atoms with Crippen LogP contribution in [0.5, 0.6) is 0 Å². The maximum atomic E-state index is 12.7. The number of hydrogen-bond acceptors (Lipinski definition) is 2. The summed E-state index contributed by atoms with van der Waals surface area (Å²) >= 11 is 0. The highest BCUT2D eigenvalue weighted by atomic mass is 16.2. The molecule has 1 heterocycles. The van der Waals surface area contributed by atoms with Gasteiger partial charge in [0.1, 0.15) is 0 Å². The molecule has 3 nitrogen and oxygen atoms in total. The number of allylic oxidation sites excluding steroid dienone is 1. The van der Waals surface area contributed by atoms with Crippen LogP contribution in [-0.4, -0.2) is 23.5 Å². The van der Waals surface area contributed by atoms with Gasteiger partial charge in [-0.1, -0.05) is 40.5 Å². The van der Waals surface area contributed by atoms with Crippen molar-refractivity contribution in [3.05, 3.63) is 11.3 Å². The molecule has 0 aromatic rings. The smallest absolute Gasteiger partial charge is 0.253 e. The Kier molecular flexibility index (Phi) is 3.98. The van der Waals surface area contributed by atoms with E-state index in [9.17, 15) is 4.79 Å². The van der Waals surface area contributed by atoms with Crippen LogP contribution < -0.4 is 5.32 Å². The third-order valence-corrected chi connectivity index (χ3v) is 4.14. The first-order chi connectivity index (χ1) is 8.52. The Morgan fingerprint density at radius 3 is 2.22 bits per heavy atom. The van der Waals surface area contributed by atoms with Crippen LogP contribution >= 0.6 is 0 Å². The average Bonchev–Trinajstić information content (AvgIpc) is 2.81. The second kappa shape index (κ2) is 5.33. The van der Waals surface area contributed by atoms with E-state index in [1.165, 1.54) is 25.7 Å². The van der Waals surface area contributed by atoms with Crippen LogP contribution in [0.2, 0.25) is 0 Å². The second-order valence-electron chi connectivity index (χ2n) is 6.18. The molecule has 1 amide bonds. The topological polar surface area (TPSA) is 32.3 Å². The van der Waals surface area contributed by atoms with Crippen LogP contribution in [-0.2, 0) is 4.79 Å².